The van der Waals surface area contributed by atoms with Gasteiger partial charge in [0.2, 0.25) is 11.8 Å². The van der Waals surface area contributed by atoms with Gasteiger partial charge in [0.15, 0.2) is 0 Å². The Kier molecular flexibility index (Phi) is 7.53. The highest BCUT2D eigenvalue weighted by Crippen LogP contribution is 2.38. The number of nitrogens with one attached hydrogen (secondary N) is 2. The molecule has 1 saturated heterocycles. The van der Waals surface area contributed by atoms with Crippen molar-refractivity contribution in [2.24, 2.45) is 11.8 Å². The van der Waals surface area contributed by atoms with E-state index in [-0.39, 0.29) is 23.7 Å². The standard InChI is InChI=1S/C31H41N5O3/c32-21-31(12-13-31)34-28(37)19-22-7-2-3-8-23(22)30(38)36-16-11-26-25(20-36)24-9-6-10-27(29(24)33-26)39-18-17-35-14-4-1-5-15-35/h6,9-10,22-23,33H,1-5,7-8,11-20H2,(H,34,37)/t22-,23-/m1/s1. The van der Waals surface area contributed by atoms with E-state index in [1.807, 2.05) is 11.0 Å². The first-order valence-electron chi connectivity index (χ1n) is 15.0. The minimum atomic E-state index is -0.653. The molecule has 2 aliphatic heterocycles. The van der Waals surface area contributed by atoms with Crippen molar-refractivity contribution in [3.63, 3.8) is 0 Å². The Hall–Kier alpha value is -3.05. The summed E-state index contributed by atoms with van der Waals surface area (Å²) in [4.78, 5) is 34.7. The van der Waals surface area contributed by atoms with Gasteiger partial charge in [-0.1, -0.05) is 31.4 Å². The van der Waals surface area contributed by atoms with E-state index in [1.165, 1.54) is 43.6 Å². The van der Waals surface area contributed by atoms with Crippen LogP contribution in [0.4, 0.5) is 0 Å². The Balaban J connectivity index is 1.11. The maximum atomic E-state index is 13.8. The predicted molar refractivity (Wildman–Crippen MR) is 149 cm³/mol. The molecule has 8 nitrogen and oxygen atoms in total. The fourth-order valence-corrected chi connectivity index (χ4v) is 6.94. The van der Waals surface area contributed by atoms with Gasteiger partial charge in [0.05, 0.1) is 11.6 Å². The second-order valence-electron chi connectivity index (χ2n) is 12.1. The lowest BCUT2D eigenvalue weighted by Gasteiger charge is -2.36. The first kappa shape index (κ1) is 26.2. The molecule has 3 heterocycles. The summed E-state index contributed by atoms with van der Waals surface area (Å²) in [5, 5.41) is 13.4. The molecule has 1 aromatic heterocycles. The van der Waals surface area contributed by atoms with Crippen molar-refractivity contribution in [1.82, 2.24) is 20.1 Å². The summed E-state index contributed by atoms with van der Waals surface area (Å²) in [5.41, 5.74) is 2.78. The van der Waals surface area contributed by atoms with Gasteiger partial charge in [-0.05, 0) is 63.6 Å². The third kappa shape index (κ3) is 5.65. The highest BCUT2D eigenvalue weighted by atomic mass is 16.5. The molecule has 0 unspecified atom stereocenters. The number of aromatic amines is 1. The van der Waals surface area contributed by atoms with E-state index in [4.69, 9.17) is 4.74 Å². The molecule has 4 aliphatic rings. The topological polar surface area (TPSA) is 101 Å². The first-order valence-corrected chi connectivity index (χ1v) is 15.0. The van der Waals surface area contributed by atoms with Gasteiger partial charge < -0.3 is 19.9 Å². The number of carbonyl (C=O) groups is 2. The molecule has 8 heteroatoms. The SMILES string of the molecule is N#CC1(NC(=O)C[C@H]2CCCC[C@H]2C(=O)N2CCc3[nH]c4c(OCCN5CCCCC5)cccc4c3C2)CC1. The second kappa shape index (κ2) is 11.2. The van der Waals surface area contributed by atoms with E-state index < -0.39 is 5.54 Å². The van der Waals surface area contributed by atoms with E-state index >= 15 is 0 Å². The fraction of sp³-hybridized carbons (Fsp3) is 0.645. The lowest BCUT2D eigenvalue weighted by Crippen LogP contribution is -2.44. The van der Waals surface area contributed by atoms with Crippen LogP contribution in [-0.4, -0.2) is 64.9 Å². The third-order valence-electron chi connectivity index (χ3n) is 9.41. The number of para-hydroxylation sites is 1. The lowest BCUT2D eigenvalue weighted by molar-refractivity contribution is -0.140. The number of H-pyrrole nitrogens is 1. The number of piperidine rings is 1. The summed E-state index contributed by atoms with van der Waals surface area (Å²) in [6, 6.07) is 8.46. The van der Waals surface area contributed by atoms with Crippen molar-refractivity contribution in [2.45, 2.75) is 82.7 Å². The number of benzene rings is 1. The largest absolute Gasteiger partial charge is 0.490 e. The zero-order chi connectivity index (χ0) is 26.8. The fourth-order valence-electron chi connectivity index (χ4n) is 6.94. The molecule has 6 rings (SSSR count). The number of ether oxygens (including phenoxy) is 1. The van der Waals surface area contributed by atoms with Gasteiger partial charge >= 0.3 is 0 Å². The Morgan fingerprint density at radius 2 is 1.92 bits per heavy atom. The number of amides is 2. The molecular weight excluding hydrogens is 490 g/mol. The van der Waals surface area contributed by atoms with E-state index in [9.17, 15) is 14.9 Å². The molecule has 2 amide bonds. The average Bonchev–Trinajstić information content (AvgIpc) is 3.63. The molecule has 39 heavy (non-hydrogen) atoms. The van der Waals surface area contributed by atoms with Crippen LogP contribution in [-0.2, 0) is 22.6 Å². The zero-order valence-corrected chi connectivity index (χ0v) is 23.0. The van der Waals surface area contributed by atoms with E-state index in [2.05, 4.69) is 33.4 Å². The Labute approximate surface area is 231 Å². The lowest BCUT2D eigenvalue weighted by atomic mass is 9.76. The van der Waals surface area contributed by atoms with Crippen LogP contribution in [0.15, 0.2) is 18.2 Å². The number of rotatable bonds is 8. The summed E-state index contributed by atoms with van der Waals surface area (Å²) in [7, 11) is 0. The van der Waals surface area contributed by atoms with Gasteiger partial charge in [-0.15, -0.1) is 0 Å². The first-order chi connectivity index (χ1) is 19.0. The van der Waals surface area contributed by atoms with Crippen LogP contribution in [0.5, 0.6) is 5.75 Å². The summed E-state index contributed by atoms with van der Waals surface area (Å²) in [5.74, 6) is 0.917. The van der Waals surface area contributed by atoms with Gasteiger partial charge in [0, 0.05) is 55.0 Å². The monoisotopic (exact) mass is 531 g/mol. The number of aromatic nitrogens is 1. The molecule has 2 aliphatic carbocycles. The van der Waals surface area contributed by atoms with Gasteiger partial charge in [-0.3, -0.25) is 14.5 Å². The molecule has 2 saturated carbocycles. The smallest absolute Gasteiger partial charge is 0.226 e. The van der Waals surface area contributed by atoms with Crippen LogP contribution in [0.25, 0.3) is 10.9 Å². The van der Waals surface area contributed by atoms with Gasteiger partial charge in [0.25, 0.3) is 0 Å². The van der Waals surface area contributed by atoms with Crippen molar-refractivity contribution >= 4 is 22.7 Å². The van der Waals surface area contributed by atoms with E-state index in [0.717, 1.165) is 68.1 Å². The Morgan fingerprint density at radius 3 is 2.72 bits per heavy atom. The van der Waals surface area contributed by atoms with Crippen LogP contribution >= 0.6 is 0 Å². The van der Waals surface area contributed by atoms with Crippen molar-refractivity contribution < 1.29 is 14.3 Å². The van der Waals surface area contributed by atoms with Crippen LogP contribution in [0, 0.1) is 23.2 Å². The average molecular weight is 532 g/mol. The van der Waals surface area contributed by atoms with Gasteiger partial charge in [-0.25, -0.2) is 0 Å². The van der Waals surface area contributed by atoms with E-state index in [0.29, 0.717) is 26.1 Å². The normalized spacial score (nSPS) is 24.5. The number of hydrogen-bond donors (Lipinski definition) is 2. The molecule has 1 aromatic carbocycles. The maximum Gasteiger partial charge on any atom is 0.226 e. The summed E-state index contributed by atoms with van der Waals surface area (Å²) < 4.78 is 6.26. The number of fused-ring (bicyclic) bond motifs is 3. The molecule has 0 radical (unpaired) electrons. The van der Waals surface area contributed by atoms with Crippen molar-refractivity contribution in [3.05, 3.63) is 29.5 Å². The Bertz CT molecular complexity index is 1250. The quantitative estimate of drug-likeness (QED) is 0.529. The molecular formula is C31H41N5O3. The summed E-state index contributed by atoms with van der Waals surface area (Å²) in [6.45, 7) is 5.26. The highest BCUT2D eigenvalue weighted by Gasteiger charge is 2.45. The maximum absolute atomic E-state index is 13.8. The number of carbonyl (C=O) groups excluding carboxylic acids is 2. The van der Waals surface area contributed by atoms with Crippen molar-refractivity contribution in [1.29, 1.82) is 5.26 Å². The van der Waals surface area contributed by atoms with Crippen LogP contribution in [0.3, 0.4) is 0 Å². The minimum absolute atomic E-state index is 0.0463. The number of likely N-dealkylation sites (tertiary alicyclic amines) is 1. The summed E-state index contributed by atoms with van der Waals surface area (Å²) >= 11 is 0. The molecule has 2 aromatic rings. The number of nitrogens with zero attached hydrogens (tertiary/aromatic N) is 3. The highest BCUT2D eigenvalue weighted by molar-refractivity contribution is 5.90. The third-order valence-corrected chi connectivity index (χ3v) is 9.41. The van der Waals surface area contributed by atoms with Crippen LogP contribution < -0.4 is 10.1 Å². The van der Waals surface area contributed by atoms with E-state index in [1.54, 1.807) is 0 Å². The van der Waals surface area contributed by atoms with Crippen molar-refractivity contribution in [2.75, 3.05) is 32.8 Å². The van der Waals surface area contributed by atoms with Crippen LogP contribution in [0.2, 0.25) is 0 Å². The van der Waals surface area contributed by atoms with Crippen LogP contribution in [0.1, 0.15) is 75.5 Å². The predicted octanol–water partition coefficient (Wildman–Crippen LogP) is 4.29. The van der Waals surface area contributed by atoms with Gasteiger partial charge in [-0.2, -0.15) is 5.26 Å². The Morgan fingerprint density at radius 1 is 1.10 bits per heavy atom. The minimum Gasteiger partial charge on any atom is -0.490 e. The summed E-state index contributed by atoms with van der Waals surface area (Å²) in [6.07, 6.45) is 10.3. The molecule has 0 bridgehead atoms. The number of nitriles is 1. The zero-order valence-electron chi connectivity index (χ0n) is 23.0. The second-order valence-corrected chi connectivity index (χ2v) is 12.1. The van der Waals surface area contributed by atoms with Gasteiger partial charge in [0.1, 0.15) is 17.9 Å². The van der Waals surface area contributed by atoms with Crippen molar-refractivity contribution in [3.8, 4) is 11.8 Å². The molecule has 208 valence electrons. The molecule has 3 fully saturated rings. The molecule has 2 N–H and O–H groups in total. The number of hydrogen-bond acceptors (Lipinski definition) is 5. The molecule has 0 spiro atoms. The molecule has 2 atom stereocenters.